The van der Waals surface area contributed by atoms with Crippen LogP contribution in [0.1, 0.15) is 12.5 Å². The van der Waals surface area contributed by atoms with Crippen molar-refractivity contribution < 1.29 is 4.39 Å². The molecule has 0 saturated heterocycles. The lowest BCUT2D eigenvalue weighted by Gasteiger charge is -2.22. The summed E-state index contributed by atoms with van der Waals surface area (Å²) >= 11 is 4.96. The molecule has 1 aromatic carbocycles. The van der Waals surface area contributed by atoms with Crippen molar-refractivity contribution in [2.45, 2.75) is 6.92 Å². The molecular formula is C14H14FN3S. The molecule has 2 N–H and O–H groups in total. The molecule has 0 bridgehead atoms. The zero-order chi connectivity index (χ0) is 13.8. The summed E-state index contributed by atoms with van der Waals surface area (Å²) in [6, 6.07) is 9.88. The van der Waals surface area contributed by atoms with Crippen molar-refractivity contribution in [2.75, 3.05) is 11.4 Å². The first-order valence-electron chi connectivity index (χ1n) is 5.90. The van der Waals surface area contributed by atoms with Gasteiger partial charge in [0.1, 0.15) is 16.6 Å². The largest absolute Gasteiger partial charge is 0.389 e. The Balaban J connectivity index is 2.39. The molecule has 1 aromatic heterocycles. The van der Waals surface area contributed by atoms with Gasteiger partial charge in [0.2, 0.25) is 0 Å². The molecule has 0 fully saturated rings. The lowest BCUT2D eigenvalue weighted by Crippen LogP contribution is -2.18. The SMILES string of the molecule is CCN(c1ccc(F)cc1)c1cc(C(N)=S)ccn1. The molecule has 1 heterocycles. The van der Waals surface area contributed by atoms with Gasteiger partial charge in [0.25, 0.3) is 0 Å². The Bertz CT molecular complexity index is 583. The van der Waals surface area contributed by atoms with E-state index in [1.54, 1.807) is 24.4 Å². The molecule has 0 radical (unpaired) electrons. The van der Waals surface area contributed by atoms with Crippen LogP contribution < -0.4 is 10.6 Å². The van der Waals surface area contributed by atoms with Gasteiger partial charge in [0.05, 0.1) is 0 Å². The lowest BCUT2D eigenvalue weighted by atomic mass is 10.2. The lowest BCUT2D eigenvalue weighted by molar-refractivity contribution is 0.628. The number of nitrogens with zero attached hydrogens (tertiary/aromatic N) is 2. The summed E-state index contributed by atoms with van der Waals surface area (Å²) in [4.78, 5) is 6.60. The van der Waals surface area contributed by atoms with Gasteiger partial charge in [-0.15, -0.1) is 0 Å². The minimum atomic E-state index is -0.260. The number of anilines is 2. The number of nitrogens with two attached hydrogens (primary N) is 1. The maximum Gasteiger partial charge on any atom is 0.133 e. The van der Waals surface area contributed by atoms with Gasteiger partial charge in [-0.25, -0.2) is 9.37 Å². The summed E-state index contributed by atoms with van der Waals surface area (Å²) in [6.45, 7) is 2.71. The number of hydrogen-bond donors (Lipinski definition) is 1. The van der Waals surface area contributed by atoms with Crippen molar-refractivity contribution in [2.24, 2.45) is 5.73 Å². The van der Waals surface area contributed by atoms with Crippen molar-refractivity contribution in [1.29, 1.82) is 0 Å². The van der Waals surface area contributed by atoms with Crippen LogP contribution in [0, 0.1) is 5.82 Å². The maximum absolute atomic E-state index is 13.0. The Morgan fingerprint density at radius 3 is 2.58 bits per heavy atom. The van der Waals surface area contributed by atoms with E-state index < -0.39 is 0 Å². The van der Waals surface area contributed by atoms with Crippen LogP contribution in [0.25, 0.3) is 0 Å². The van der Waals surface area contributed by atoms with Crippen LogP contribution in [-0.2, 0) is 0 Å². The number of benzene rings is 1. The van der Waals surface area contributed by atoms with Crippen LogP contribution in [0.4, 0.5) is 15.9 Å². The average Bonchev–Trinajstić information content (AvgIpc) is 2.42. The molecule has 0 saturated carbocycles. The van der Waals surface area contributed by atoms with Crippen LogP contribution in [0.5, 0.6) is 0 Å². The van der Waals surface area contributed by atoms with E-state index in [9.17, 15) is 4.39 Å². The van der Waals surface area contributed by atoms with Crippen LogP contribution in [0.15, 0.2) is 42.6 Å². The predicted octanol–water partition coefficient (Wildman–Crippen LogP) is 3.01. The standard InChI is InChI=1S/C14H14FN3S/c1-2-18(12-5-3-11(15)4-6-12)13-9-10(14(16)19)7-8-17-13/h3-9H,2H2,1H3,(H2,16,19). The normalized spacial score (nSPS) is 10.2. The minimum absolute atomic E-state index is 0.260. The zero-order valence-electron chi connectivity index (χ0n) is 10.5. The Labute approximate surface area is 116 Å². The minimum Gasteiger partial charge on any atom is -0.389 e. The molecule has 5 heteroatoms. The quantitative estimate of drug-likeness (QED) is 0.871. The number of thiocarbonyl (C=S) groups is 1. The molecular weight excluding hydrogens is 261 g/mol. The monoisotopic (exact) mass is 275 g/mol. The summed E-state index contributed by atoms with van der Waals surface area (Å²) in [5, 5.41) is 0. The molecule has 0 amide bonds. The molecule has 0 unspecified atom stereocenters. The van der Waals surface area contributed by atoms with E-state index in [0.717, 1.165) is 17.1 Å². The Kier molecular flexibility index (Phi) is 4.06. The molecule has 3 nitrogen and oxygen atoms in total. The number of halogens is 1. The Morgan fingerprint density at radius 2 is 2.00 bits per heavy atom. The van der Waals surface area contributed by atoms with Crippen molar-refractivity contribution >= 4 is 28.7 Å². The summed E-state index contributed by atoms with van der Waals surface area (Å²) in [5.74, 6) is 0.476. The van der Waals surface area contributed by atoms with E-state index in [4.69, 9.17) is 18.0 Å². The predicted molar refractivity (Wildman–Crippen MR) is 79.2 cm³/mol. The molecule has 2 aromatic rings. The van der Waals surface area contributed by atoms with E-state index in [2.05, 4.69) is 4.98 Å². The smallest absolute Gasteiger partial charge is 0.133 e. The van der Waals surface area contributed by atoms with Gasteiger partial charge in [-0.05, 0) is 43.3 Å². The first kappa shape index (κ1) is 13.4. The number of pyridine rings is 1. The van der Waals surface area contributed by atoms with Gasteiger partial charge >= 0.3 is 0 Å². The van der Waals surface area contributed by atoms with Crippen molar-refractivity contribution in [3.63, 3.8) is 0 Å². The highest BCUT2D eigenvalue weighted by molar-refractivity contribution is 7.80. The van der Waals surface area contributed by atoms with Gasteiger partial charge in [-0.2, -0.15) is 0 Å². The Morgan fingerprint density at radius 1 is 1.32 bits per heavy atom. The molecule has 0 aliphatic carbocycles. The van der Waals surface area contributed by atoms with Crippen LogP contribution in [0.2, 0.25) is 0 Å². The fourth-order valence-electron chi connectivity index (χ4n) is 1.82. The molecule has 0 aliphatic rings. The van der Waals surface area contributed by atoms with Gasteiger partial charge in [-0.3, -0.25) is 0 Å². The summed E-state index contributed by atoms with van der Waals surface area (Å²) in [6.07, 6.45) is 1.66. The van der Waals surface area contributed by atoms with Crippen molar-refractivity contribution in [3.8, 4) is 0 Å². The molecule has 98 valence electrons. The van der Waals surface area contributed by atoms with Gasteiger partial charge < -0.3 is 10.6 Å². The third-order valence-corrected chi connectivity index (χ3v) is 3.00. The van der Waals surface area contributed by atoms with Crippen LogP contribution in [-0.4, -0.2) is 16.5 Å². The topological polar surface area (TPSA) is 42.1 Å². The second kappa shape index (κ2) is 5.75. The van der Waals surface area contributed by atoms with E-state index >= 15 is 0 Å². The molecule has 0 atom stereocenters. The van der Waals surface area contributed by atoms with Crippen LogP contribution in [0.3, 0.4) is 0 Å². The van der Waals surface area contributed by atoms with Gasteiger partial charge in [-0.1, -0.05) is 12.2 Å². The first-order chi connectivity index (χ1) is 9.11. The number of rotatable bonds is 4. The summed E-state index contributed by atoms with van der Waals surface area (Å²) < 4.78 is 13.0. The van der Waals surface area contributed by atoms with E-state index in [1.165, 1.54) is 12.1 Å². The highest BCUT2D eigenvalue weighted by Gasteiger charge is 2.10. The maximum atomic E-state index is 13.0. The Hall–Kier alpha value is -2.01. The fourth-order valence-corrected chi connectivity index (χ4v) is 1.94. The van der Waals surface area contributed by atoms with Gasteiger partial charge in [0.15, 0.2) is 0 Å². The summed E-state index contributed by atoms with van der Waals surface area (Å²) in [5.41, 5.74) is 7.25. The van der Waals surface area contributed by atoms with E-state index in [1.807, 2.05) is 17.9 Å². The van der Waals surface area contributed by atoms with Crippen molar-refractivity contribution in [1.82, 2.24) is 4.98 Å². The van der Waals surface area contributed by atoms with Crippen molar-refractivity contribution in [3.05, 3.63) is 54.0 Å². The molecule has 0 aliphatic heterocycles. The molecule has 0 spiro atoms. The van der Waals surface area contributed by atoms with Crippen LogP contribution >= 0.6 is 12.2 Å². The average molecular weight is 275 g/mol. The van der Waals surface area contributed by atoms with E-state index in [-0.39, 0.29) is 5.82 Å². The highest BCUT2D eigenvalue weighted by Crippen LogP contribution is 2.23. The third-order valence-electron chi connectivity index (χ3n) is 2.76. The summed E-state index contributed by atoms with van der Waals surface area (Å²) in [7, 11) is 0. The zero-order valence-corrected chi connectivity index (χ0v) is 11.3. The molecule has 19 heavy (non-hydrogen) atoms. The fraction of sp³-hybridized carbons (Fsp3) is 0.143. The third kappa shape index (κ3) is 3.06. The second-order valence-corrected chi connectivity index (χ2v) is 4.43. The number of aromatic nitrogens is 1. The first-order valence-corrected chi connectivity index (χ1v) is 6.31. The second-order valence-electron chi connectivity index (χ2n) is 3.99. The van der Waals surface area contributed by atoms with E-state index in [0.29, 0.717) is 11.5 Å². The van der Waals surface area contributed by atoms with Gasteiger partial charge in [0, 0.05) is 24.0 Å². The highest BCUT2D eigenvalue weighted by atomic mass is 32.1. The number of hydrogen-bond acceptors (Lipinski definition) is 3. The molecule has 2 rings (SSSR count).